The van der Waals surface area contributed by atoms with E-state index >= 15 is 0 Å². The van der Waals surface area contributed by atoms with Gasteiger partial charge in [-0.2, -0.15) is 0 Å². The van der Waals surface area contributed by atoms with E-state index in [1.807, 2.05) is 18.7 Å². The molecular weight excluding hydrogens is 200 g/mol. The SMILES string of the molecule is CCc1ccc2c(c1)N(C(C)C)C(=O)NC2. The minimum absolute atomic E-state index is 0.00996. The molecule has 2 rings (SSSR count). The predicted molar refractivity (Wildman–Crippen MR) is 65.7 cm³/mol. The van der Waals surface area contributed by atoms with Gasteiger partial charge in [0.2, 0.25) is 0 Å². The lowest BCUT2D eigenvalue weighted by Crippen LogP contribution is -2.47. The number of nitrogens with zero attached hydrogens (tertiary/aromatic N) is 1. The molecular formula is C13H18N2O. The largest absolute Gasteiger partial charge is 0.334 e. The number of hydrogen-bond acceptors (Lipinski definition) is 1. The summed E-state index contributed by atoms with van der Waals surface area (Å²) in [5.41, 5.74) is 3.54. The number of amides is 2. The minimum atomic E-state index is 0.00996. The van der Waals surface area contributed by atoms with Crippen LogP contribution in [0.25, 0.3) is 0 Å². The molecule has 16 heavy (non-hydrogen) atoms. The molecule has 0 spiro atoms. The highest BCUT2D eigenvalue weighted by atomic mass is 16.2. The Morgan fingerprint density at radius 1 is 1.44 bits per heavy atom. The summed E-state index contributed by atoms with van der Waals surface area (Å²) in [5.74, 6) is 0. The zero-order chi connectivity index (χ0) is 11.7. The number of anilines is 1. The molecule has 0 saturated heterocycles. The topological polar surface area (TPSA) is 32.3 Å². The van der Waals surface area contributed by atoms with E-state index in [4.69, 9.17) is 0 Å². The van der Waals surface area contributed by atoms with Gasteiger partial charge in [-0.05, 0) is 37.5 Å². The van der Waals surface area contributed by atoms with Crippen molar-refractivity contribution >= 4 is 11.7 Å². The molecule has 0 saturated carbocycles. The summed E-state index contributed by atoms with van der Waals surface area (Å²) in [5, 5.41) is 2.89. The summed E-state index contributed by atoms with van der Waals surface area (Å²) in [4.78, 5) is 13.6. The molecule has 0 fully saturated rings. The van der Waals surface area contributed by atoms with Gasteiger partial charge in [0.15, 0.2) is 0 Å². The second kappa shape index (κ2) is 4.16. The Kier molecular flexibility index (Phi) is 2.86. The van der Waals surface area contributed by atoms with Gasteiger partial charge in [-0.15, -0.1) is 0 Å². The number of fused-ring (bicyclic) bond motifs is 1. The average Bonchev–Trinajstić information content (AvgIpc) is 2.27. The highest BCUT2D eigenvalue weighted by Gasteiger charge is 2.25. The van der Waals surface area contributed by atoms with Crippen LogP contribution >= 0.6 is 0 Å². The summed E-state index contributed by atoms with van der Waals surface area (Å²) in [7, 11) is 0. The van der Waals surface area contributed by atoms with Crippen LogP contribution in [0.2, 0.25) is 0 Å². The van der Waals surface area contributed by atoms with E-state index < -0.39 is 0 Å². The third-order valence-electron chi connectivity index (χ3n) is 2.98. The Morgan fingerprint density at radius 3 is 2.81 bits per heavy atom. The molecule has 0 atom stereocenters. The predicted octanol–water partition coefficient (Wildman–Crippen LogP) is 2.69. The molecule has 1 heterocycles. The first-order valence-corrected chi connectivity index (χ1v) is 5.82. The van der Waals surface area contributed by atoms with Crippen molar-refractivity contribution in [1.29, 1.82) is 0 Å². The van der Waals surface area contributed by atoms with Crippen molar-refractivity contribution in [2.24, 2.45) is 0 Å². The molecule has 1 aromatic rings. The number of nitrogens with one attached hydrogen (secondary N) is 1. The Hall–Kier alpha value is -1.51. The fourth-order valence-corrected chi connectivity index (χ4v) is 2.08. The number of carbonyl (C=O) groups is 1. The van der Waals surface area contributed by atoms with Crippen LogP contribution in [0, 0.1) is 0 Å². The monoisotopic (exact) mass is 218 g/mol. The standard InChI is InChI=1S/C13H18N2O/c1-4-10-5-6-11-8-14-13(16)15(9(2)3)12(11)7-10/h5-7,9H,4,8H2,1-3H3,(H,14,16). The molecule has 1 aliphatic rings. The quantitative estimate of drug-likeness (QED) is 0.813. The highest BCUT2D eigenvalue weighted by Crippen LogP contribution is 2.27. The molecule has 1 aliphatic heterocycles. The van der Waals surface area contributed by atoms with Crippen LogP contribution < -0.4 is 10.2 Å². The molecule has 2 amide bonds. The van der Waals surface area contributed by atoms with Crippen molar-refractivity contribution < 1.29 is 4.79 Å². The first-order chi connectivity index (χ1) is 7.63. The molecule has 0 aliphatic carbocycles. The van der Waals surface area contributed by atoms with E-state index in [1.54, 1.807) is 0 Å². The zero-order valence-corrected chi connectivity index (χ0v) is 10.1. The molecule has 1 N–H and O–H groups in total. The maximum absolute atomic E-state index is 11.8. The van der Waals surface area contributed by atoms with Crippen molar-refractivity contribution in [2.75, 3.05) is 4.90 Å². The van der Waals surface area contributed by atoms with E-state index in [9.17, 15) is 4.79 Å². The van der Waals surface area contributed by atoms with Crippen LogP contribution in [0.4, 0.5) is 10.5 Å². The summed E-state index contributed by atoms with van der Waals surface area (Å²) in [6, 6.07) is 6.58. The van der Waals surface area contributed by atoms with Gasteiger partial charge in [0.05, 0.1) is 5.69 Å². The van der Waals surface area contributed by atoms with Gasteiger partial charge < -0.3 is 5.32 Å². The van der Waals surface area contributed by atoms with Crippen LogP contribution in [-0.4, -0.2) is 12.1 Å². The number of urea groups is 1. The van der Waals surface area contributed by atoms with Crippen LogP contribution in [0.3, 0.4) is 0 Å². The number of benzene rings is 1. The smallest absolute Gasteiger partial charge is 0.322 e. The third kappa shape index (κ3) is 1.77. The van der Waals surface area contributed by atoms with Gasteiger partial charge in [0.25, 0.3) is 0 Å². The van der Waals surface area contributed by atoms with E-state index in [-0.39, 0.29) is 12.1 Å². The van der Waals surface area contributed by atoms with Crippen molar-refractivity contribution in [1.82, 2.24) is 5.32 Å². The minimum Gasteiger partial charge on any atom is -0.334 e. The summed E-state index contributed by atoms with van der Waals surface area (Å²) >= 11 is 0. The number of rotatable bonds is 2. The molecule has 0 unspecified atom stereocenters. The average molecular weight is 218 g/mol. The molecule has 0 radical (unpaired) electrons. The third-order valence-corrected chi connectivity index (χ3v) is 2.98. The maximum Gasteiger partial charge on any atom is 0.322 e. The van der Waals surface area contributed by atoms with Gasteiger partial charge in [-0.1, -0.05) is 19.1 Å². The second-order valence-electron chi connectivity index (χ2n) is 4.44. The van der Waals surface area contributed by atoms with E-state index in [0.29, 0.717) is 6.54 Å². The molecule has 3 nitrogen and oxygen atoms in total. The maximum atomic E-state index is 11.8. The van der Waals surface area contributed by atoms with Crippen LogP contribution in [0.15, 0.2) is 18.2 Å². The zero-order valence-electron chi connectivity index (χ0n) is 10.1. The lowest BCUT2D eigenvalue weighted by Gasteiger charge is -2.33. The first kappa shape index (κ1) is 11.0. The summed E-state index contributed by atoms with van der Waals surface area (Å²) in [6.45, 7) is 6.84. The van der Waals surface area contributed by atoms with Crippen LogP contribution in [-0.2, 0) is 13.0 Å². The van der Waals surface area contributed by atoms with Crippen LogP contribution in [0.5, 0.6) is 0 Å². The Morgan fingerprint density at radius 2 is 2.19 bits per heavy atom. The summed E-state index contributed by atoms with van der Waals surface area (Å²) < 4.78 is 0. The number of carbonyl (C=O) groups excluding carboxylic acids is 1. The molecule has 86 valence electrons. The van der Waals surface area contributed by atoms with E-state index in [0.717, 1.165) is 12.1 Å². The van der Waals surface area contributed by atoms with Crippen molar-refractivity contribution in [3.05, 3.63) is 29.3 Å². The number of hydrogen-bond donors (Lipinski definition) is 1. The number of aryl methyl sites for hydroxylation is 1. The van der Waals surface area contributed by atoms with E-state index in [1.165, 1.54) is 11.1 Å². The van der Waals surface area contributed by atoms with Gasteiger partial charge in [-0.3, -0.25) is 4.90 Å². The Labute approximate surface area is 96.5 Å². The van der Waals surface area contributed by atoms with Crippen molar-refractivity contribution in [2.45, 2.75) is 39.8 Å². The fraction of sp³-hybridized carbons (Fsp3) is 0.462. The lowest BCUT2D eigenvalue weighted by atomic mass is 10.0. The first-order valence-electron chi connectivity index (χ1n) is 5.82. The molecule has 0 aromatic heterocycles. The molecule has 1 aromatic carbocycles. The fourth-order valence-electron chi connectivity index (χ4n) is 2.08. The van der Waals surface area contributed by atoms with Crippen molar-refractivity contribution in [3.63, 3.8) is 0 Å². The van der Waals surface area contributed by atoms with E-state index in [2.05, 4.69) is 30.4 Å². The van der Waals surface area contributed by atoms with Gasteiger partial charge in [-0.25, -0.2) is 4.79 Å². The van der Waals surface area contributed by atoms with Crippen molar-refractivity contribution in [3.8, 4) is 0 Å². The lowest BCUT2D eigenvalue weighted by molar-refractivity contribution is 0.243. The Balaban J connectivity index is 2.48. The highest BCUT2D eigenvalue weighted by molar-refractivity contribution is 5.95. The molecule has 3 heteroatoms. The summed E-state index contributed by atoms with van der Waals surface area (Å²) in [6.07, 6.45) is 1.00. The second-order valence-corrected chi connectivity index (χ2v) is 4.44. The van der Waals surface area contributed by atoms with Gasteiger partial charge >= 0.3 is 6.03 Å². The molecule has 0 bridgehead atoms. The van der Waals surface area contributed by atoms with Crippen LogP contribution in [0.1, 0.15) is 31.9 Å². The normalized spacial score (nSPS) is 15.0. The van der Waals surface area contributed by atoms with Gasteiger partial charge in [0.1, 0.15) is 0 Å². The Bertz CT molecular complexity index is 412. The van der Waals surface area contributed by atoms with Gasteiger partial charge in [0, 0.05) is 12.6 Å².